The number of thioether (sulfide) groups is 1. The van der Waals surface area contributed by atoms with Crippen LogP contribution in [0.25, 0.3) is 0 Å². The van der Waals surface area contributed by atoms with Crippen molar-refractivity contribution in [3.8, 4) is 0 Å². The van der Waals surface area contributed by atoms with E-state index in [1.807, 2.05) is 11.8 Å². The van der Waals surface area contributed by atoms with Gasteiger partial charge < -0.3 is 14.8 Å². The molecule has 0 saturated carbocycles. The Morgan fingerprint density at radius 1 is 1.29 bits per heavy atom. The maximum atomic E-state index is 5.27. The molecule has 0 amide bonds. The standard InChI is InChI=1S/C13H19NO2S/c1-9(13(15-2)16-3)14-11-8-17-12-7-5-4-6-10(11)12/h4-7,9,11,13-14H,8H2,1-3H3. The van der Waals surface area contributed by atoms with Crippen LogP contribution < -0.4 is 5.32 Å². The maximum Gasteiger partial charge on any atom is 0.171 e. The van der Waals surface area contributed by atoms with Crippen molar-refractivity contribution in [2.24, 2.45) is 0 Å². The van der Waals surface area contributed by atoms with Crippen molar-refractivity contribution >= 4 is 11.8 Å². The molecule has 1 N–H and O–H groups in total. The summed E-state index contributed by atoms with van der Waals surface area (Å²) in [6, 6.07) is 9.10. The predicted octanol–water partition coefficient (Wildman–Crippen LogP) is 2.43. The highest BCUT2D eigenvalue weighted by Crippen LogP contribution is 2.38. The highest BCUT2D eigenvalue weighted by atomic mass is 32.2. The fraction of sp³-hybridized carbons (Fsp3) is 0.538. The van der Waals surface area contributed by atoms with Gasteiger partial charge in [-0.05, 0) is 18.6 Å². The molecule has 1 aromatic rings. The van der Waals surface area contributed by atoms with Gasteiger partial charge in [-0.25, -0.2) is 0 Å². The maximum absolute atomic E-state index is 5.27. The summed E-state index contributed by atoms with van der Waals surface area (Å²) in [6.07, 6.45) is -0.201. The van der Waals surface area contributed by atoms with Crippen molar-refractivity contribution in [2.45, 2.75) is 30.2 Å². The first-order valence-corrected chi connectivity index (χ1v) is 6.78. The molecule has 2 unspecified atom stereocenters. The number of nitrogens with one attached hydrogen (secondary N) is 1. The fourth-order valence-electron chi connectivity index (χ4n) is 2.20. The summed E-state index contributed by atoms with van der Waals surface area (Å²) in [6.45, 7) is 2.09. The summed E-state index contributed by atoms with van der Waals surface area (Å²) in [5.41, 5.74) is 1.38. The lowest BCUT2D eigenvalue weighted by Crippen LogP contribution is -2.41. The minimum absolute atomic E-state index is 0.168. The molecule has 0 spiro atoms. The summed E-state index contributed by atoms with van der Waals surface area (Å²) in [7, 11) is 3.34. The van der Waals surface area contributed by atoms with Crippen molar-refractivity contribution in [2.75, 3.05) is 20.0 Å². The molecular formula is C13H19NO2S. The Hall–Kier alpha value is -0.550. The Morgan fingerprint density at radius 2 is 2.00 bits per heavy atom. The molecule has 0 saturated heterocycles. The molecule has 0 radical (unpaired) electrons. The molecule has 1 aliphatic heterocycles. The highest BCUT2D eigenvalue weighted by Gasteiger charge is 2.26. The number of benzene rings is 1. The van der Waals surface area contributed by atoms with E-state index in [0.29, 0.717) is 6.04 Å². The third kappa shape index (κ3) is 2.83. The second kappa shape index (κ2) is 5.87. The lowest BCUT2D eigenvalue weighted by Gasteiger charge is -2.25. The molecule has 1 aliphatic rings. The van der Waals surface area contributed by atoms with Crippen LogP contribution in [0.5, 0.6) is 0 Å². The van der Waals surface area contributed by atoms with Crippen LogP contribution in [0.2, 0.25) is 0 Å². The number of fused-ring (bicyclic) bond motifs is 1. The van der Waals surface area contributed by atoms with E-state index in [1.165, 1.54) is 10.5 Å². The molecule has 0 fully saturated rings. The first-order valence-electron chi connectivity index (χ1n) is 5.79. The molecule has 0 aromatic heterocycles. The number of methoxy groups -OCH3 is 2. The van der Waals surface area contributed by atoms with Crippen LogP contribution in [0.4, 0.5) is 0 Å². The zero-order valence-electron chi connectivity index (χ0n) is 10.5. The third-order valence-corrected chi connectivity index (χ3v) is 4.22. The highest BCUT2D eigenvalue weighted by molar-refractivity contribution is 7.99. The van der Waals surface area contributed by atoms with Gasteiger partial charge in [0.1, 0.15) is 0 Å². The quantitative estimate of drug-likeness (QED) is 0.816. The Bertz CT molecular complexity index is 368. The van der Waals surface area contributed by atoms with E-state index in [9.17, 15) is 0 Å². The second-order valence-corrected chi connectivity index (χ2v) is 5.26. The van der Waals surface area contributed by atoms with Gasteiger partial charge in [0.2, 0.25) is 0 Å². The SMILES string of the molecule is COC(OC)C(C)NC1CSc2ccccc21. The summed E-state index contributed by atoms with van der Waals surface area (Å²) in [5.74, 6) is 1.07. The van der Waals surface area contributed by atoms with Crippen molar-refractivity contribution in [3.63, 3.8) is 0 Å². The van der Waals surface area contributed by atoms with Crippen LogP contribution in [0.15, 0.2) is 29.2 Å². The molecule has 0 aliphatic carbocycles. The third-order valence-electron chi connectivity index (χ3n) is 3.04. The van der Waals surface area contributed by atoms with Crippen molar-refractivity contribution in [1.29, 1.82) is 0 Å². The molecule has 0 bridgehead atoms. The van der Waals surface area contributed by atoms with Gasteiger partial charge >= 0.3 is 0 Å². The number of ether oxygens (including phenoxy) is 2. The van der Waals surface area contributed by atoms with E-state index in [2.05, 4.69) is 36.5 Å². The first kappa shape index (κ1) is 12.9. The minimum Gasteiger partial charge on any atom is -0.354 e. The van der Waals surface area contributed by atoms with Crippen LogP contribution in [-0.4, -0.2) is 32.3 Å². The number of hydrogen-bond acceptors (Lipinski definition) is 4. The number of hydrogen-bond donors (Lipinski definition) is 1. The smallest absolute Gasteiger partial charge is 0.171 e. The van der Waals surface area contributed by atoms with E-state index < -0.39 is 0 Å². The number of rotatable bonds is 5. The van der Waals surface area contributed by atoms with Crippen molar-refractivity contribution in [1.82, 2.24) is 5.32 Å². The van der Waals surface area contributed by atoms with Crippen molar-refractivity contribution < 1.29 is 9.47 Å². The monoisotopic (exact) mass is 253 g/mol. The van der Waals surface area contributed by atoms with Gasteiger partial charge in [-0.2, -0.15) is 0 Å². The molecule has 2 atom stereocenters. The summed E-state index contributed by atoms with van der Waals surface area (Å²) in [5, 5.41) is 3.57. The van der Waals surface area contributed by atoms with Crippen LogP contribution in [0.1, 0.15) is 18.5 Å². The van der Waals surface area contributed by atoms with Crippen LogP contribution in [-0.2, 0) is 9.47 Å². The van der Waals surface area contributed by atoms with E-state index >= 15 is 0 Å². The largest absolute Gasteiger partial charge is 0.354 e. The normalized spacial score (nSPS) is 20.6. The summed E-state index contributed by atoms with van der Waals surface area (Å²) in [4.78, 5) is 1.38. The molecule has 2 rings (SSSR count). The molecule has 1 aromatic carbocycles. The van der Waals surface area contributed by atoms with E-state index in [1.54, 1.807) is 14.2 Å². The van der Waals surface area contributed by atoms with Crippen LogP contribution in [0, 0.1) is 0 Å². The van der Waals surface area contributed by atoms with Gasteiger partial charge in [0.15, 0.2) is 6.29 Å². The fourth-order valence-corrected chi connectivity index (χ4v) is 3.37. The lowest BCUT2D eigenvalue weighted by molar-refractivity contribution is -0.120. The van der Waals surface area contributed by atoms with Crippen LogP contribution in [0.3, 0.4) is 0 Å². The Morgan fingerprint density at radius 3 is 2.71 bits per heavy atom. The van der Waals surface area contributed by atoms with Gasteiger partial charge in [-0.1, -0.05) is 18.2 Å². The van der Waals surface area contributed by atoms with E-state index in [4.69, 9.17) is 9.47 Å². The lowest BCUT2D eigenvalue weighted by atomic mass is 10.1. The molecule has 4 heteroatoms. The Balaban J connectivity index is 2.02. The zero-order valence-corrected chi connectivity index (χ0v) is 11.3. The average Bonchev–Trinajstić information content (AvgIpc) is 2.74. The second-order valence-electron chi connectivity index (χ2n) is 4.20. The van der Waals surface area contributed by atoms with Crippen LogP contribution >= 0.6 is 11.8 Å². The van der Waals surface area contributed by atoms with Gasteiger partial charge in [0, 0.05) is 30.9 Å². The summed E-state index contributed by atoms with van der Waals surface area (Å²) < 4.78 is 10.5. The molecule has 1 heterocycles. The average molecular weight is 253 g/mol. The van der Waals surface area contributed by atoms with E-state index in [-0.39, 0.29) is 12.3 Å². The molecule has 94 valence electrons. The van der Waals surface area contributed by atoms with Gasteiger partial charge in [-0.15, -0.1) is 11.8 Å². The predicted molar refractivity (Wildman–Crippen MR) is 70.3 cm³/mol. The van der Waals surface area contributed by atoms with Gasteiger partial charge in [0.05, 0.1) is 6.04 Å². The topological polar surface area (TPSA) is 30.5 Å². The minimum atomic E-state index is -0.201. The Labute approximate surface area is 107 Å². The first-order chi connectivity index (χ1) is 8.26. The van der Waals surface area contributed by atoms with Crippen molar-refractivity contribution in [3.05, 3.63) is 29.8 Å². The zero-order chi connectivity index (χ0) is 12.3. The molecule has 3 nitrogen and oxygen atoms in total. The summed E-state index contributed by atoms with van der Waals surface area (Å²) >= 11 is 1.90. The molecule has 17 heavy (non-hydrogen) atoms. The Kier molecular flexibility index (Phi) is 4.45. The van der Waals surface area contributed by atoms with Gasteiger partial charge in [-0.3, -0.25) is 0 Å². The van der Waals surface area contributed by atoms with Gasteiger partial charge in [0.25, 0.3) is 0 Å². The molecular weight excluding hydrogens is 234 g/mol. The van der Waals surface area contributed by atoms with E-state index in [0.717, 1.165) is 5.75 Å².